The minimum absolute atomic E-state index is 0.423. The minimum Gasteiger partial charge on any atom is -0.299 e. The Kier molecular flexibility index (Phi) is 4.27. The second-order valence-electron chi connectivity index (χ2n) is 6.75. The topological polar surface area (TPSA) is 17.1 Å². The molecule has 1 nitrogen and oxygen atoms in total. The SMILES string of the molecule is CC(C)C(C)C1CCCC(C(=O)C2CC2)CC1. The van der Waals surface area contributed by atoms with Gasteiger partial charge in [-0.05, 0) is 49.9 Å². The molecule has 1 heteroatoms. The zero-order valence-corrected chi connectivity index (χ0v) is 11.7. The fourth-order valence-corrected chi connectivity index (χ4v) is 3.39. The molecule has 0 aromatic carbocycles. The van der Waals surface area contributed by atoms with Crippen LogP contribution in [0.25, 0.3) is 0 Å². The highest BCUT2D eigenvalue weighted by atomic mass is 16.1. The van der Waals surface area contributed by atoms with E-state index in [-0.39, 0.29) is 0 Å². The highest BCUT2D eigenvalue weighted by Crippen LogP contribution is 2.39. The number of hydrogen-bond donors (Lipinski definition) is 0. The van der Waals surface area contributed by atoms with Crippen LogP contribution in [0.15, 0.2) is 0 Å². The number of Topliss-reactive ketones (excluding diaryl/α,β-unsaturated/α-hetero) is 1. The first-order chi connectivity index (χ1) is 8.09. The zero-order chi connectivity index (χ0) is 12.4. The van der Waals surface area contributed by atoms with Crippen LogP contribution in [0.3, 0.4) is 0 Å². The van der Waals surface area contributed by atoms with Crippen LogP contribution >= 0.6 is 0 Å². The third-order valence-electron chi connectivity index (χ3n) is 5.19. The predicted molar refractivity (Wildman–Crippen MR) is 71.8 cm³/mol. The van der Waals surface area contributed by atoms with Gasteiger partial charge in [0.25, 0.3) is 0 Å². The van der Waals surface area contributed by atoms with Gasteiger partial charge in [-0.2, -0.15) is 0 Å². The fourth-order valence-electron chi connectivity index (χ4n) is 3.39. The van der Waals surface area contributed by atoms with Crippen molar-refractivity contribution in [1.82, 2.24) is 0 Å². The minimum atomic E-state index is 0.423. The van der Waals surface area contributed by atoms with Crippen molar-refractivity contribution in [2.75, 3.05) is 0 Å². The molecule has 2 aliphatic carbocycles. The summed E-state index contributed by atoms with van der Waals surface area (Å²) >= 11 is 0. The molecule has 0 spiro atoms. The summed E-state index contributed by atoms with van der Waals surface area (Å²) in [6.07, 6.45) is 8.65. The van der Waals surface area contributed by atoms with Crippen molar-refractivity contribution in [3.63, 3.8) is 0 Å². The van der Waals surface area contributed by atoms with E-state index in [4.69, 9.17) is 0 Å². The maximum absolute atomic E-state index is 12.1. The first kappa shape index (κ1) is 13.1. The Morgan fingerprint density at radius 3 is 2.06 bits per heavy atom. The maximum atomic E-state index is 12.1. The van der Waals surface area contributed by atoms with Crippen molar-refractivity contribution in [2.45, 2.75) is 65.7 Å². The molecule has 0 saturated heterocycles. The molecular weight excluding hydrogens is 208 g/mol. The predicted octanol–water partition coefficient (Wildman–Crippen LogP) is 4.45. The van der Waals surface area contributed by atoms with Gasteiger partial charge in [0, 0.05) is 11.8 Å². The van der Waals surface area contributed by atoms with E-state index >= 15 is 0 Å². The zero-order valence-electron chi connectivity index (χ0n) is 11.7. The summed E-state index contributed by atoms with van der Waals surface area (Å²) in [7, 11) is 0. The maximum Gasteiger partial charge on any atom is 0.139 e. The molecule has 0 aromatic rings. The number of rotatable bonds is 4. The molecule has 0 radical (unpaired) electrons. The van der Waals surface area contributed by atoms with Crippen LogP contribution in [0.2, 0.25) is 0 Å². The van der Waals surface area contributed by atoms with Gasteiger partial charge in [0.2, 0.25) is 0 Å². The highest BCUT2D eigenvalue weighted by Gasteiger charge is 2.36. The highest BCUT2D eigenvalue weighted by molar-refractivity contribution is 5.85. The van der Waals surface area contributed by atoms with E-state index in [2.05, 4.69) is 20.8 Å². The Bertz CT molecular complexity index is 265. The van der Waals surface area contributed by atoms with E-state index in [1.165, 1.54) is 44.9 Å². The second-order valence-corrected chi connectivity index (χ2v) is 6.75. The Morgan fingerprint density at radius 1 is 0.882 bits per heavy atom. The second kappa shape index (κ2) is 5.54. The number of ketones is 1. The normalized spacial score (nSPS) is 32.2. The summed E-state index contributed by atoms with van der Waals surface area (Å²) in [4.78, 5) is 12.1. The first-order valence-corrected chi connectivity index (χ1v) is 7.63. The lowest BCUT2D eigenvalue weighted by molar-refractivity contribution is -0.124. The smallest absolute Gasteiger partial charge is 0.139 e. The number of hydrogen-bond acceptors (Lipinski definition) is 1. The molecule has 0 aromatic heterocycles. The van der Waals surface area contributed by atoms with Crippen molar-refractivity contribution in [3.8, 4) is 0 Å². The molecule has 0 aliphatic heterocycles. The molecule has 98 valence electrons. The van der Waals surface area contributed by atoms with E-state index in [0.717, 1.165) is 17.8 Å². The third kappa shape index (κ3) is 3.33. The summed E-state index contributed by atoms with van der Waals surface area (Å²) in [5.41, 5.74) is 0. The van der Waals surface area contributed by atoms with Crippen molar-refractivity contribution in [3.05, 3.63) is 0 Å². The molecule has 2 rings (SSSR count). The van der Waals surface area contributed by atoms with Crippen LogP contribution in [0.1, 0.15) is 65.7 Å². The van der Waals surface area contributed by atoms with Crippen molar-refractivity contribution in [2.24, 2.45) is 29.6 Å². The van der Waals surface area contributed by atoms with Gasteiger partial charge in [0.15, 0.2) is 0 Å². The molecule has 0 amide bonds. The Hall–Kier alpha value is -0.330. The van der Waals surface area contributed by atoms with Crippen LogP contribution in [0.5, 0.6) is 0 Å². The summed E-state index contributed by atoms with van der Waals surface area (Å²) in [6, 6.07) is 0. The van der Waals surface area contributed by atoms with Gasteiger partial charge in [0.1, 0.15) is 5.78 Å². The van der Waals surface area contributed by atoms with Crippen molar-refractivity contribution in [1.29, 1.82) is 0 Å². The van der Waals surface area contributed by atoms with Gasteiger partial charge >= 0.3 is 0 Å². The quantitative estimate of drug-likeness (QED) is 0.659. The van der Waals surface area contributed by atoms with Crippen LogP contribution in [0.4, 0.5) is 0 Å². The van der Waals surface area contributed by atoms with Gasteiger partial charge in [-0.1, -0.05) is 33.6 Å². The van der Waals surface area contributed by atoms with E-state index in [0.29, 0.717) is 17.6 Å². The van der Waals surface area contributed by atoms with Crippen LogP contribution < -0.4 is 0 Å². The van der Waals surface area contributed by atoms with E-state index in [1.807, 2.05) is 0 Å². The number of carbonyl (C=O) groups excluding carboxylic acids is 1. The average Bonchev–Trinajstić information content (AvgIpc) is 3.13. The van der Waals surface area contributed by atoms with Crippen LogP contribution in [0, 0.1) is 29.6 Å². The lowest BCUT2D eigenvalue weighted by Gasteiger charge is -2.25. The largest absolute Gasteiger partial charge is 0.299 e. The molecule has 0 bridgehead atoms. The Morgan fingerprint density at radius 2 is 1.47 bits per heavy atom. The van der Waals surface area contributed by atoms with E-state index in [9.17, 15) is 4.79 Å². The lowest BCUT2D eigenvalue weighted by Crippen LogP contribution is -2.18. The third-order valence-corrected chi connectivity index (χ3v) is 5.19. The lowest BCUT2D eigenvalue weighted by atomic mass is 9.80. The summed E-state index contributed by atoms with van der Waals surface area (Å²) in [5.74, 6) is 3.99. The van der Waals surface area contributed by atoms with Gasteiger partial charge in [-0.3, -0.25) is 4.79 Å². The monoisotopic (exact) mass is 236 g/mol. The average molecular weight is 236 g/mol. The molecular formula is C16H28O. The van der Waals surface area contributed by atoms with Gasteiger partial charge in [-0.15, -0.1) is 0 Å². The molecule has 0 heterocycles. The number of carbonyl (C=O) groups is 1. The van der Waals surface area contributed by atoms with Crippen LogP contribution in [-0.2, 0) is 4.79 Å². The summed E-state index contributed by atoms with van der Waals surface area (Å²) in [5, 5.41) is 0. The molecule has 2 fully saturated rings. The molecule has 17 heavy (non-hydrogen) atoms. The molecule has 3 atom stereocenters. The molecule has 0 N–H and O–H groups in total. The molecule has 3 unspecified atom stereocenters. The van der Waals surface area contributed by atoms with Gasteiger partial charge in [-0.25, -0.2) is 0 Å². The summed E-state index contributed by atoms with van der Waals surface area (Å²) in [6.45, 7) is 7.07. The molecule has 2 aliphatic rings. The Labute approximate surface area is 106 Å². The van der Waals surface area contributed by atoms with Crippen molar-refractivity contribution < 1.29 is 4.79 Å². The fraction of sp³-hybridized carbons (Fsp3) is 0.938. The Balaban J connectivity index is 1.86. The molecule has 2 saturated carbocycles. The van der Waals surface area contributed by atoms with E-state index < -0.39 is 0 Å². The first-order valence-electron chi connectivity index (χ1n) is 7.63. The van der Waals surface area contributed by atoms with Gasteiger partial charge < -0.3 is 0 Å². The van der Waals surface area contributed by atoms with Crippen molar-refractivity contribution >= 4 is 5.78 Å². The van der Waals surface area contributed by atoms with E-state index in [1.54, 1.807) is 0 Å². The standard InChI is InChI=1S/C16H28O/c1-11(2)12(3)13-5-4-6-14(8-7-13)16(17)15-9-10-15/h11-15H,4-10H2,1-3H3. The van der Waals surface area contributed by atoms with Gasteiger partial charge in [0.05, 0.1) is 0 Å². The summed E-state index contributed by atoms with van der Waals surface area (Å²) < 4.78 is 0. The van der Waals surface area contributed by atoms with Crippen LogP contribution in [-0.4, -0.2) is 5.78 Å².